The van der Waals surface area contributed by atoms with Crippen molar-refractivity contribution >= 4 is 5.78 Å². The molecule has 0 amide bonds. The predicted molar refractivity (Wildman–Crippen MR) is 56.9 cm³/mol. The Bertz CT molecular complexity index is 285. The van der Waals surface area contributed by atoms with Gasteiger partial charge in [-0.2, -0.15) is 0 Å². The van der Waals surface area contributed by atoms with E-state index < -0.39 is 0 Å². The molecule has 0 aromatic carbocycles. The Morgan fingerprint density at radius 2 is 2.21 bits per heavy atom. The number of carbonyl (C=O) groups excluding carboxylic acids is 1. The Balaban J connectivity index is 2.95. The molecule has 0 N–H and O–H groups in total. The van der Waals surface area contributed by atoms with Crippen LogP contribution in [0.5, 0.6) is 0 Å². The van der Waals surface area contributed by atoms with Gasteiger partial charge >= 0.3 is 0 Å². The summed E-state index contributed by atoms with van der Waals surface area (Å²) in [5.74, 6) is 1.21. The minimum atomic E-state index is 0.324. The molecule has 14 heavy (non-hydrogen) atoms. The number of ketones is 1. The number of hydrogen-bond donors (Lipinski definition) is 0. The lowest BCUT2D eigenvalue weighted by molar-refractivity contribution is -0.118. The van der Waals surface area contributed by atoms with Crippen molar-refractivity contribution in [1.82, 2.24) is 0 Å². The molecule has 0 aliphatic heterocycles. The summed E-state index contributed by atoms with van der Waals surface area (Å²) in [5.41, 5.74) is 2.40. The Morgan fingerprint density at radius 1 is 1.50 bits per heavy atom. The highest BCUT2D eigenvalue weighted by Crippen LogP contribution is 2.29. The Hall–Kier alpha value is -1.05. The van der Waals surface area contributed by atoms with Gasteiger partial charge in [-0.05, 0) is 30.9 Å². The van der Waals surface area contributed by atoms with Crippen LogP contribution in [0.3, 0.4) is 0 Å². The average molecular weight is 194 g/mol. The lowest BCUT2D eigenvalue weighted by Crippen LogP contribution is -2.11. The van der Waals surface area contributed by atoms with E-state index >= 15 is 0 Å². The Labute approximate surface area is 85.6 Å². The van der Waals surface area contributed by atoms with Crippen molar-refractivity contribution in [2.45, 2.75) is 39.5 Å². The number of ether oxygens (including phenoxy) is 1. The zero-order valence-corrected chi connectivity index (χ0v) is 9.22. The van der Waals surface area contributed by atoms with Gasteiger partial charge in [0.05, 0.1) is 12.9 Å². The van der Waals surface area contributed by atoms with Gasteiger partial charge in [0.15, 0.2) is 0 Å². The van der Waals surface area contributed by atoms with Gasteiger partial charge in [0, 0.05) is 12.8 Å². The first kappa shape index (κ1) is 11.0. The molecule has 0 aromatic heterocycles. The lowest BCUT2D eigenvalue weighted by Gasteiger charge is -2.19. The molecule has 1 aliphatic rings. The number of carbonyl (C=O) groups is 1. The maximum absolute atomic E-state index is 11.3. The van der Waals surface area contributed by atoms with Gasteiger partial charge in [-0.25, -0.2) is 0 Å². The summed E-state index contributed by atoms with van der Waals surface area (Å²) >= 11 is 0. The molecule has 0 radical (unpaired) electrons. The van der Waals surface area contributed by atoms with Crippen LogP contribution in [0.25, 0.3) is 0 Å². The quantitative estimate of drug-likeness (QED) is 0.632. The molecule has 2 heteroatoms. The highest BCUT2D eigenvalue weighted by Gasteiger charge is 2.19. The van der Waals surface area contributed by atoms with Crippen LogP contribution >= 0.6 is 0 Å². The van der Waals surface area contributed by atoms with Crippen LogP contribution in [0.15, 0.2) is 23.0 Å². The normalized spacial score (nSPS) is 23.9. The number of rotatable bonds is 2. The summed E-state index contributed by atoms with van der Waals surface area (Å²) < 4.78 is 5.20. The van der Waals surface area contributed by atoms with Crippen LogP contribution in [0, 0.1) is 0 Å². The molecule has 0 spiro atoms. The fourth-order valence-electron chi connectivity index (χ4n) is 1.77. The molecule has 0 atom stereocenters. The SMILES string of the molecule is CC/C=C1/CCC(=O)C/C1=C(/C)OC. The Kier molecular flexibility index (Phi) is 3.93. The fraction of sp³-hybridized carbons (Fsp3) is 0.583. The average Bonchev–Trinajstić information content (AvgIpc) is 2.20. The van der Waals surface area contributed by atoms with Gasteiger partial charge in [-0.1, -0.05) is 13.0 Å². The molecule has 1 fully saturated rings. The molecule has 0 saturated heterocycles. The van der Waals surface area contributed by atoms with Crippen molar-refractivity contribution in [3.63, 3.8) is 0 Å². The van der Waals surface area contributed by atoms with Crippen molar-refractivity contribution in [3.8, 4) is 0 Å². The molecule has 78 valence electrons. The van der Waals surface area contributed by atoms with Crippen molar-refractivity contribution in [1.29, 1.82) is 0 Å². The number of Topliss-reactive ketones (excluding diaryl/α,β-unsaturated/α-hetero) is 1. The van der Waals surface area contributed by atoms with E-state index in [1.165, 1.54) is 5.57 Å². The van der Waals surface area contributed by atoms with Crippen molar-refractivity contribution in [3.05, 3.63) is 23.0 Å². The standard InChI is InChI=1S/C12H18O2/c1-4-5-10-6-7-11(13)8-12(10)9(2)14-3/h5H,4,6-8H2,1-3H3/b10-5-,12-9+. The zero-order chi connectivity index (χ0) is 10.6. The fourth-order valence-corrected chi connectivity index (χ4v) is 1.77. The molecule has 1 aliphatic carbocycles. The summed E-state index contributed by atoms with van der Waals surface area (Å²) in [4.78, 5) is 11.3. The second-order valence-corrected chi connectivity index (χ2v) is 3.59. The monoisotopic (exact) mass is 194 g/mol. The zero-order valence-electron chi connectivity index (χ0n) is 9.22. The predicted octanol–water partition coefficient (Wildman–Crippen LogP) is 3.00. The lowest BCUT2D eigenvalue weighted by atomic mass is 9.87. The maximum Gasteiger partial charge on any atom is 0.137 e. The van der Waals surface area contributed by atoms with E-state index in [-0.39, 0.29) is 0 Å². The summed E-state index contributed by atoms with van der Waals surface area (Å²) in [5, 5.41) is 0. The largest absolute Gasteiger partial charge is 0.501 e. The molecule has 0 bridgehead atoms. The van der Waals surface area contributed by atoms with Gasteiger partial charge in [-0.3, -0.25) is 4.79 Å². The summed E-state index contributed by atoms with van der Waals surface area (Å²) in [6.45, 7) is 4.04. The Morgan fingerprint density at radius 3 is 2.79 bits per heavy atom. The second kappa shape index (κ2) is 4.99. The maximum atomic E-state index is 11.3. The molecule has 0 aromatic rings. The van der Waals surface area contributed by atoms with Gasteiger partial charge in [0.2, 0.25) is 0 Å². The summed E-state index contributed by atoms with van der Waals surface area (Å²) in [7, 11) is 1.66. The minimum absolute atomic E-state index is 0.324. The van der Waals surface area contributed by atoms with Crippen LogP contribution in [-0.4, -0.2) is 12.9 Å². The first-order chi connectivity index (χ1) is 6.69. The van der Waals surface area contributed by atoms with Gasteiger partial charge < -0.3 is 4.74 Å². The second-order valence-electron chi connectivity index (χ2n) is 3.59. The third-order valence-electron chi connectivity index (χ3n) is 2.62. The highest BCUT2D eigenvalue weighted by molar-refractivity contribution is 5.84. The van der Waals surface area contributed by atoms with Crippen molar-refractivity contribution in [2.75, 3.05) is 7.11 Å². The van der Waals surface area contributed by atoms with Crippen LogP contribution in [0.4, 0.5) is 0 Å². The van der Waals surface area contributed by atoms with Crippen LogP contribution in [-0.2, 0) is 9.53 Å². The van der Waals surface area contributed by atoms with Crippen LogP contribution in [0.2, 0.25) is 0 Å². The smallest absolute Gasteiger partial charge is 0.137 e. The van der Waals surface area contributed by atoms with E-state index in [2.05, 4.69) is 13.0 Å². The highest BCUT2D eigenvalue weighted by atomic mass is 16.5. The third kappa shape index (κ3) is 2.47. The van der Waals surface area contributed by atoms with Gasteiger partial charge in [-0.15, -0.1) is 0 Å². The summed E-state index contributed by atoms with van der Waals surface area (Å²) in [6.07, 6.45) is 5.33. The minimum Gasteiger partial charge on any atom is -0.501 e. The molecule has 0 unspecified atom stereocenters. The van der Waals surface area contributed by atoms with E-state index in [1.807, 2.05) is 6.92 Å². The van der Waals surface area contributed by atoms with E-state index in [0.29, 0.717) is 18.6 Å². The van der Waals surface area contributed by atoms with Gasteiger partial charge in [0.1, 0.15) is 5.78 Å². The molecule has 0 heterocycles. The molecular formula is C12H18O2. The van der Waals surface area contributed by atoms with Crippen LogP contribution in [0.1, 0.15) is 39.5 Å². The number of methoxy groups -OCH3 is 1. The molecule has 2 nitrogen and oxygen atoms in total. The van der Waals surface area contributed by atoms with E-state index in [9.17, 15) is 4.79 Å². The first-order valence-corrected chi connectivity index (χ1v) is 5.13. The molecule has 1 saturated carbocycles. The van der Waals surface area contributed by atoms with E-state index in [4.69, 9.17) is 4.74 Å². The van der Waals surface area contributed by atoms with Gasteiger partial charge in [0.25, 0.3) is 0 Å². The van der Waals surface area contributed by atoms with E-state index in [1.54, 1.807) is 7.11 Å². The topological polar surface area (TPSA) is 26.3 Å². The van der Waals surface area contributed by atoms with Crippen LogP contribution < -0.4 is 0 Å². The number of hydrogen-bond acceptors (Lipinski definition) is 2. The van der Waals surface area contributed by atoms with Crippen molar-refractivity contribution < 1.29 is 9.53 Å². The summed E-state index contributed by atoms with van der Waals surface area (Å²) in [6, 6.07) is 0. The molecular weight excluding hydrogens is 176 g/mol. The van der Waals surface area contributed by atoms with Crippen molar-refractivity contribution in [2.24, 2.45) is 0 Å². The van der Waals surface area contributed by atoms with E-state index in [0.717, 1.165) is 24.2 Å². The first-order valence-electron chi connectivity index (χ1n) is 5.13. The molecule has 1 rings (SSSR count). The third-order valence-corrected chi connectivity index (χ3v) is 2.62. The number of allylic oxidation sites excluding steroid dienone is 4.